The summed E-state index contributed by atoms with van der Waals surface area (Å²) < 4.78 is 0. The molecule has 0 aromatic carbocycles. The maximum atomic E-state index is 11.0. The minimum absolute atomic E-state index is 0.286. The zero-order valence-electron chi connectivity index (χ0n) is 11.5. The van der Waals surface area contributed by atoms with Crippen LogP contribution < -0.4 is 5.32 Å². The molecule has 2 heterocycles. The number of aromatic nitrogens is 1. The van der Waals surface area contributed by atoms with Gasteiger partial charge in [0.1, 0.15) is 5.82 Å². The van der Waals surface area contributed by atoms with Crippen molar-refractivity contribution in [3.05, 3.63) is 23.4 Å². The highest BCUT2D eigenvalue weighted by molar-refractivity contribution is 5.88. The molecule has 2 N–H and O–H groups in total. The second kappa shape index (κ2) is 6.02. The van der Waals surface area contributed by atoms with Crippen LogP contribution in [0.3, 0.4) is 0 Å². The highest BCUT2D eigenvalue weighted by Gasteiger charge is 2.22. The number of aromatic carboxylic acids is 1. The van der Waals surface area contributed by atoms with E-state index in [0.29, 0.717) is 11.9 Å². The average Bonchev–Trinajstić information content (AvgIpc) is 2.83. The third-order valence-electron chi connectivity index (χ3n) is 3.62. The Morgan fingerprint density at radius 3 is 3.05 bits per heavy atom. The molecule has 0 saturated carbocycles. The molecule has 104 valence electrons. The summed E-state index contributed by atoms with van der Waals surface area (Å²) in [6.07, 6.45) is 2.43. The number of carboxylic acids is 1. The molecule has 5 heteroatoms. The third kappa shape index (κ3) is 3.44. The first-order valence-corrected chi connectivity index (χ1v) is 6.80. The standard InChI is InChI=1S/C14H21N3O2/c1-3-17-6-4-5-12(17)9-15-13-8-11(14(18)19)7-10(2)16-13/h7-8,12H,3-6,9H2,1-2H3,(H,15,16)(H,18,19). The van der Waals surface area contributed by atoms with Crippen LogP contribution in [0, 0.1) is 6.92 Å². The molecule has 1 saturated heterocycles. The molecule has 0 amide bonds. The van der Waals surface area contributed by atoms with Gasteiger partial charge in [0.25, 0.3) is 0 Å². The molecule has 5 nitrogen and oxygen atoms in total. The van der Waals surface area contributed by atoms with Gasteiger partial charge in [0, 0.05) is 18.3 Å². The summed E-state index contributed by atoms with van der Waals surface area (Å²) in [6, 6.07) is 3.71. The van der Waals surface area contributed by atoms with E-state index < -0.39 is 5.97 Å². The Balaban J connectivity index is 2.01. The van der Waals surface area contributed by atoms with Crippen molar-refractivity contribution in [3.8, 4) is 0 Å². The predicted octanol–water partition coefficient (Wildman–Crippen LogP) is 1.98. The van der Waals surface area contributed by atoms with Crippen LogP contribution in [0.1, 0.15) is 35.8 Å². The molecule has 1 aliphatic rings. The summed E-state index contributed by atoms with van der Waals surface area (Å²) in [5, 5.41) is 12.3. The lowest BCUT2D eigenvalue weighted by molar-refractivity contribution is 0.0696. The fourth-order valence-corrected chi connectivity index (χ4v) is 2.65. The van der Waals surface area contributed by atoms with Gasteiger partial charge < -0.3 is 10.4 Å². The Morgan fingerprint density at radius 1 is 1.58 bits per heavy atom. The van der Waals surface area contributed by atoms with Crippen LogP contribution in [0.5, 0.6) is 0 Å². The number of carbonyl (C=O) groups is 1. The maximum absolute atomic E-state index is 11.0. The van der Waals surface area contributed by atoms with Crippen molar-refractivity contribution >= 4 is 11.8 Å². The number of hydrogen-bond donors (Lipinski definition) is 2. The third-order valence-corrected chi connectivity index (χ3v) is 3.62. The molecule has 1 aromatic rings. The van der Waals surface area contributed by atoms with Crippen molar-refractivity contribution in [1.82, 2.24) is 9.88 Å². The zero-order chi connectivity index (χ0) is 13.8. The Morgan fingerprint density at radius 2 is 2.37 bits per heavy atom. The monoisotopic (exact) mass is 263 g/mol. The number of carboxylic acid groups (broad SMARTS) is 1. The summed E-state index contributed by atoms with van der Waals surface area (Å²) >= 11 is 0. The topological polar surface area (TPSA) is 65.5 Å². The summed E-state index contributed by atoms with van der Waals surface area (Å²) in [7, 11) is 0. The molecule has 1 fully saturated rings. The normalized spacial score (nSPS) is 19.6. The molecule has 0 spiro atoms. The lowest BCUT2D eigenvalue weighted by atomic mass is 10.2. The lowest BCUT2D eigenvalue weighted by Crippen LogP contribution is -2.34. The fraction of sp³-hybridized carbons (Fsp3) is 0.571. The van der Waals surface area contributed by atoms with Crippen LogP contribution >= 0.6 is 0 Å². The summed E-state index contributed by atoms with van der Waals surface area (Å²) in [4.78, 5) is 17.8. The van der Waals surface area contributed by atoms with Crippen molar-refractivity contribution in [2.75, 3.05) is 25.0 Å². The molecule has 2 rings (SSSR count). The van der Waals surface area contributed by atoms with E-state index in [4.69, 9.17) is 5.11 Å². The first-order valence-electron chi connectivity index (χ1n) is 6.80. The molecule has 0 radical (unpaired) electrons. The number of likely N-dealkylation sites (N-methyl/N-ethyl adjacent to an activating group) is 1. The van der Waals surface area contributed by atoms with E-state index in [2.05, 4.69) is 22.1 Å². The molecule has 1 aliphatic heterocycles. The van der Waals surface area contributed by atoms with E-state index in [-0.39, 0.29) is 5.56 Å². The van der Waals surface area contributed by atoms with Crippen LogP contribution in [0.15, 0.2) is 12.1 Å². The lowest BCUT2D eigenvalue weighted by Gasteiger charge is -2.23. The van der Waals surface area contributed by atoms with Crippen LogP contribution in [0.2, 0.25) is 0 Å². The Kier molecular flexibility index (Phi) is 4.37. The molecule has 1 aromatic heterocycles. The first kappa shape index (κ1) is 13.8. The van der Waals surface area contributed by atoms with Crippen LogP contribution in [-0.4, -0.2) is 46.6 Å². The number of nitrogens with zero attached hydrogens (tertiary/aromatic N) is 2. The smallest absolute Gasteiger partial charge is 0.335 e. The van der Waals surface area contributed by atoms with Crippen LogP contribution in [0.4, 0.5) is 5.82 Å². The van der Waals surface area contributed by atoms with E-state index in [9.17, 15) is 4.79 Å². The van der Waals surface area contributed by atoms with Gasteiger partial charge in [-0.15, -0.1) is 0 Å². The molecule has 1 unspecified atom stereocenters. The molecular formula is C14H21N3O2. The van der Waals surface area contributed by atoms with Gasteiger partial charge in [-0.25, -0.2) is 9.78 Å². The van der Waals surface area contributed by atoms with Crippen LogP contribution in [-0.2, 0) is 0 Å². The maximum Gasteiger partial charge on any atom is 0.335 e. The summed E-state index contributed by atoms with van der Waals surface area (Å²) in [5.74, 6) is -0.259. The van der Waals surface area contributed by atoms with E-state index in [1.54, 1.807) is 12.1 Å². The molecule has 1 atom stereocenters. The largest absolute Gasteiger partial charge is 0.478 e. The second-order valence-corrected chi connectivity index (χ2v) is 4.99. The van der Waals surface area contributed by atoms with Crippen molar-refractivity contribution in [3.63, 3.8) is 0 Å². The molecular weight excluding hydrogens is 242 g/mol. The SMILES string of the molecule is CCN1CCCC1CNc1cc(C(=O)O)cc(C)n1. The number of likely N-dealkylation sites (tertiary alicyclic amines) is 1. The van der Waals surface area contributed by atoms with Gasteiger partial charge >= 0.3 is 5.97 Å². The highest BCUT2D eigenvalue weighted by Crippen LogP contribution is 2.17. The van der Waals surface area contributed by atoms with Crippen molar-refractivity contribution < 1.29 is 9.90 Å². The van der Waals surface area contributed by atoms with Crippen molar-refractivity contribution in [2.45, 2.75) is 32.7 Å². The Labute approximate surface area is 113 Å². The quantitative estimate of drug-likeness (QED) is 0.850. The Bertz CT molecular complexity index is 462. The fourth-order valence-electron chi connectivity index (χ4n) is 2.65. The van der Waals surface area contributed by atoms with E-state index >= 15 is 0 Å². The van der Waals surface area contributed by atoms with Gasteiger partial charge in [-0.05, 0) is 45.0 Å². The van der Waals surface area contributed by atoms with Gasteiger partial charge in [-0.1, -0.05) is 6.92 Å². The van der Waals surface area contributed by atoms with Gasteiger partial charge in [0.05, 0.1) is 5.56 Å². The second-order valence-electron chi connectivity index (χ2n) is 4.99. The highest BCUT2D eigenvalue weighted by atomic mass is 16.4. The van der Waals surface area contributed by atoms with E-state index in [1.165, 1.54) is 12.8 Å². The minimum atomic E-state index is -0.912. The van der Waals surface area contributed by atoms with Crippen molar-refractivity contribution in [1.29, 1.82) is 0 Å². The Hall–Kier alpha value is -1.62. The van der Waals surface area contributed by atoms with E-state index in [1.807, 2.05) is 6.92 Å². The number of pyridine rings is 1. The first-order chi connectivity index (χ1) is 9.10. The van der Waals surface area contributed by atoms with Gasteiger partial charge in [0.15, 0.2) is 0 Å². The zero-order valence-corrected chi connectivity index (χ0v) is 11.5. The summed E-state index contributed by atoms with van der Waals surface area (Å²) in [6.45, 7) is 7.03. The molecule has 19 heavy (non-hydrogen) atoms. The van der Waals surface area contributed by atoms with Crippen LogP contribution in [0.25, 0.3) is 0 Å². The average molecular weight is 263 g/mol. The van der Waals surface area contributed by atoms with Gasteiger partial charge in [-0.2, -0.15) is 0 Å². The minimum Gasteiger partial charge on any atom is -0.478 e. The van der Waals surface area contributed by atoms with E-state index in [0.717, 1.165) is 25.3 Å². The number of nitrogens with one attached hydrogen (secondary N) is 1. The number of aryl methyl sites for hydroxylation is 1. The molecule has 0 aliphatic carbocycles. The van der Waals surface area contributed by atoms with Gasteiger partial charge in [0.2, 0.25) is 0 Å². The molecule has 0 bridgehead atoms. The summed E-state index contributed by atoms with van der Waals surface area (Å²) in [5.41, 5.74) is 1.01. The number of rotatable bonds is 5. The number of anilines is 1. The van der Waals surface area contributed by atoms with Gasteiger partial charge in [-0.3, -0.25) is 4.90 Å². The predicted molar refractivity (Wildman–Crippen MR) is 74.7 cm³/mol. The number of hydrogen-bond acceptors (Lipinski definition) is 4. The van der Waals surface area contributed by atoms with Crippen molar-refractivity contribution in [2.24, 2.45) is 0 Å².